The van der Waals surface area contributed by atoms with E-state index in [-0.39, 0.29) is 10.6 Å². The molecule has 0 N–H and O–H groups in total. The minimum Gasteiger partial charge on any atom is -0.364 e. The van der Waals surface area contributed by atoms with Gasteiger partial charge in [-0.15, -0.1) is 11.3 Å². The van der Waals surface area contributed by atoms with Crippen molar-refractivity contribution in [3.05, 3.63) is 54.3 Å². The fourth-order valence-corrected chi connectivity index (χ4v) is 3.36. The highest BCUT2D eigenvalue weighted by Crippen LogP contribution is 2.29. The maximum Gasteiger partial charge on any atom is 0.282 e. The predicted molar refractivity (Wildman–Crippen MR) is 91.5 cm³/mol. The van der Waals surface area contributed by atoms with Crippen molar-refractivity contribution < 1.29 is 4.92 Å². The van der Waals surface area contributed by atoms with E-state index in [1.54, 1.807) is 17.4 Å². The lowest BCUT2D eigenvalue weighted by Crippen LogP contribution is -2.29. The third-order valence-corrected chi connectivity index (χ3v) is 4.71. The maximum atomic E-state index is 10.9. The van der Waals surface area contributed by atoms with Crippen molar-refractivity contribution in [2.45, 2.75) is 26.4 Å². The molecular formula is C14H15IN2O2S. The molecule has 2 rings (SSSR count). The number of halogens is 1. The molecule has 0 saturated carbocycles. The Morgan fingerprint density at radius 1 is 1.40 bits per heavy atom. The Bertz CT molecular complexity index is 599. The molecule has 1 aromatic carbocycles. The molecule has 106 valence electrons. The van der Waals surface area contributed by atoms with Gasteiger partial charge in [-0.3, -0.25) is 10.1 Å². The maximum absolute atomic E-state index is 10.9. The summed E-state index contributed by atoms with van der Waals surface area (Å²) in [5, 5.41) is 12.9. The second-order valence-electron chi connectivity index (χ2n) is 4.69. The number of anilines is 1. The lowest BCUT2D eigenvalue weighted by Gasteiger charge is -2.28. The van der Waals surface area contributed by atoms with Gasteiger partial charge in [-0.1, -0.05) is 6.07 Å². The van der Waals surface area contributed by atoms with Crippen LogP contribution in [0.25, 0.3) is 0 Å². The summed E-state index contributed by atoms with van der Waals surface area (Å²) in [6.45, 7) is 5.08. The third-order valence-electron chi connectivity index (χ3n) is 2.99. The van der Waals surface area contributed by atoms with E-state index < -0.39 is 0 Å². The Kier molecular flexibility index (Phi) is 4.98. The highest BCUT2D eigenvalue weighted by atomic mass is 127. The molecule has 2 aromatic rings. The number of benzene rings is 1. The van der Waals surface area contributed by atoms with Gasteiger partial charge < -0.3 is 4.90 Å². The van der Waals surface area contributed by atoms with E-state index in [1.807, 2.05) is 40.8 Å². The summed E-state index contributed by atoms with van der Waals surface area (Å²) in [4.78, 5) is 14.1. The molecule has 6 heteroatoms. The second-order valence-corrected chi connectivity index (χ2v) is 6.89. The topological polar surface area (TPSA) is 46.4 Å². The number of nitro groups is 1. The van der Waals surface area contributed by atoms with Crippen LogP contribution in [0.2, 0.25) is 0 Å². The molecule has 0 spiro atoms. The van der Waals surface area contributed by atoms with Crippen LogP contribution in [-0.4, -0.2) is 11.0 Å². The first-order valence-corrected chi connectivity index (χ1v) is 8.18. The number of nitrogens with zero attached hydrogens (tertiary/aromatic N) is 2. The molecule has 0 fully saturated rings. The van der Waals surface area contributed by atoms with Gasteiger partial charge in [0, 0.05) is 22.7 Å². The van der Waals surface area contributed by atoms with E-state index in [9.17, 15) is 10.1 Å². The first-order valence-electron chi connectivity index (χ1n) is 6.22. The zero-order valence-electron chi connectivity index (χ0n) is 11.2. The molecule has 0 atom stereocenters. The van der Waals surface area contributed by atoms with Crippen LogP contribution < -0.4 is 4.90 Å². The van der Waals surface area contributed by atoms with Crippen molar-refractivity contribution in [1.82, 2.24) is 0 Å². The zero-order valence-corrected chi connectivity index (χ0v) is 14.2. The van der Waals surface area contributed by atoms with Crippen LogP contribution in [-0.2, 0) is 6.54 Å². The first kappa shape index (κ1) is 15.2. The van der Waals surface area contributed by atoms with Crippen molar-refractivity contribution in [1.29, 1.82) is 0 Å². The number of hydrogen-bond donors (Lipinski definition) is 0. The van der Waals surface area contributed by atoms with Gasteiger partial charge in [0.05, 0.1) is 15.0 Å². The zero-order chi connectivity index (χ0) is 14.7. The number of rotatable bonds is 5. The van der Waals surface area contributed by atoms with E-state index in [1.165, 1.54) is 4.88 Å². The van der Waals surface area contributed by atoms with Crippen molar-refractivity contribution in [2.24, 2.45) is 0 Å². The van der Waals surface area contributed by atoms with E-state index >= 15 is 0 Å². The van der Waals surface area contributed by atoms with E-state index in [2.05, 4.69) is 30.2 Å². The smallest absolute Gasteiger partial charge is 0.282 e. The van der Waals surface area contributed by atoms with Crippen LogP contribution >= 0.6 is 33.9 Å². The number of thiophene rings is 1. The lowest BCUT2D eigenvalue weighted by molar-refractivity contribution is -0.385. The summed E-state index contributed by atoms with van der Waals surface area (Å²) in [5.41, 5.74) is 1.18. The van der Waals surface area contributed by atoms with Gasteiger partial charge in [-0.25, -0.2) is 0 Å². The Morgan fingerprint density at radius 3 is 2.65 bits per heavy atom. The quantitative estimate of drug-likeness (QED) is 0.415. The normalized spacial score (nSPS) is 10.8. The summed E-state index contributed by atoms with van der Waals surface area (Å²) >= 11 is 3.75. The molecule has 1 heterocycles. The van der Waals surface area contributed by atoms with E-state index in [4.69, 9.17) is 0 Å². The SMILES string of the molecule is CC(C)N(Cc1cccs1)c1ccc([N+](=O)[O-])c(I)c1. The Labute approximate surface area is 135 Å². The third kappa shape index (κ3) is 3.49. The summed E-state index contributed by atoms with van der Waals surface area (Å²) in [6.07, 6.45) is 0. The van der Waals surface area contributed by atoms with Crippen LogP contribution in [0.4, 0.5) is 11.4 Å². The van der Waals surface area contributed by atoms with Gasteiger partial charge in [0.15, 0.2) is 0 Å². The van der Waals surface area contributed by atoms with Gasteiger partial charge >= 0.3 is 0 Å². The van der Waals surface area contributed by atoms with Crippen molar-refractivity contribution >= 4 is 45.3 Å². The minimum absolute atomic E-state index is 0.161. The van der Waals surface area contributed by atoms with Gasteiger partial charge in [0.25, 0.3) is 5.69 Å². The van der Waals surface area contributed by atoms with E-state index in [0.29, 0.717) is 9.61 Å². The molecular weight excluding hydrogens is 387 g/mol. The Hall–Kier alpha value is -1.15. The van der Waals surface area contributed by atoms with Gasteiger partial charge in [-0.2, -0.15) is 0 Å². The molecule has 1 aromatic heterocycles. The molecule has 0 aliphatic heterocycles. The van der Waals surface area contributed by atoms with Crippen molar-refractivity contribution in [2.75, 3.05) is 4.90 Å². The van der Waals surface area contributed by atoms with Crippen molar-refractivity contribution in [3.8, 4) is 0 Å². The van der Waals surface area contributed by atoms with Crippen LogP contribution in [0.1, 0.15) is 18.7 Å². The molecule has 4 nitrogen and oxygen atoms in total. The average Bonchev–Trinajstić information content (AvgIpc) is 2.87. The van der Waals surface area contributed by atoms with Crippen LogP contribution in [0.5, 0.6) is 0 Å². The average molecular weight is 402 g/mol. The number of nitro benzene ring substituents is 1. The highest BCUT2D eigenvalue weighted by molar-refractivity contribution is 14.1. The highest BCUT2D eigenvalue weighted by Gasteiger charge is 2.17. The molecule has 0 radical (unpaired) electrons. The molecule has 0 saturated heterocycles. The van der Waals surface area contributed by atoms with Crippen molar-refractivity contribution in [3.63, 3.8) is 0 Å². The molecule has 0 aliphatic carbocycles. The van der Waals surface area contributed by atoms with Crippen LogP contribution in [0, 0.1) is 13.7 Å². The second kappa shape index (κ2) is 6.53. The molecule has 0 bridgehead atoms. The predicted octanol–water partition coefficient (Wildman–Crippen LogP) is 4.68. The summed E-state index contributed by atoms with van der Waals surface area (Å²) in [6, 6.07) is 9.77. The Morgan fingerprint density at radius 2 is 2.15 bits per heavy atom. The van der Waals surface area contributed by atoms with Gasteiger partial charge in [0.1, 0.15) is 0 Å². The van der Waals surface area contributed by atoms with E-state index in [0.717, 1.165) is 12.2 Å². The first-order chi connectivity index (χ1) is 9.49. The fourth-order valence-electron chi connectivity index (χ4n) is 1.96. The molecule has 0 aliphatic rings. The Balaban J connectivity index is 2.30. The summed E-state index contributed by atoms with van der Waals surface area (Å²) in [5.74, 6) is 0. The largest absolute Gasteiger partial charge is 0.364 e. The van der Waals surface area contributed by atoms with Crippen LogP contribution in [0.15, 0.2) is 35.7 Å². The minimum atomic E-state index is -0.343. The summed E-state index contributed by atoms with van der Waals surface area (Å²) in [7, 11) is 0. The number of hydrogen-bond acceptors (Lipinski definition) is 4. The standard InChI is InChI=1S/C14H15IN2O2S/c1-10(2)16(9-12-4-3-7-20-12)11-5-6-14(17(18)19)13(15)8-11/h3-8,10H,9H2,1-2H3. The lowest BCUT2D eigenvalue weighted by atomic mass is 10.2. The molecule has 0 amide bonds. The molecule has 0 unspecified atom stereocenters. The van der Waals surface area contributed by atoms with Crippen LogP contribution in [0.3, 0.4) is 0 Å². The molecule has 20 heavy (non-hydrogen) atoms. The fraction of sp³-hybridized carbons (Fsp3) is 0.286. The van der Waals surface area contributed by atoms with Gasteiger partial charge in [-0.05, 0) is 60.0 Å². The van der Waals surface area contributed by atoms with Gasteiger partial charge in [0.2, 0.25) is 0 Å². The summed E-state index contributed by atoms with van der Waals surface area (Å²) < 4.78 is 0.668. The monoisotopic (exact) mass is 402 g/mol.